The van der Waals surface area contributed by atoms with Gasteiger partial charge >= 0.3 is 6.03 Å². The Labute approximate surface area is 181 Å². The summed E-state index contributed by atoms with van der Waals surface area (Å²) >= 11 is 1.73. The second kappa shape index (κ2) is 9.37. The van der Waals surface area contributed by atoms with E-state index in [-0.39, 0.29) is 12.1 Å². The normalized spacial score (nSPS) is 15.3. The molecule has 0 heterocycles. The fraction of sp³-hybridized carbons (Fsp3) is 0.240. The molecule has 0 saturated heterocycles. The number of aryl methyl sites for hydroxylation is 1. The number of nitrogens with one attached hydrogen (secondary N) is 2. The van der Waals surface area contributed by atoms with Crippen LogP contribution in [0.15, 0.2) is 71.6 Å². The zero-order valence-corrected chi connectivity index (χ0v) is 17.8. The van der Waals surface area contributed by atoms with Gasteiger partial charge in [-0.25, -0.2) is 4.79 Å². The van der Waals surface area contributed by atoms with Crippen molar-refractivity contribution in [1.29, 1.82) is 0 Å². The minimum Gasteiger partial charge on any atom is -0.393 e. The zero-order valence-electron chi connectivity index (χ0n) is 17.0. The fourth-order valence-corrected chi connectivity index (χ4v) is 4.24. The second-order valence-electron chi connectivity index (χ2n) is 7.57. The molecule has 0 spiro atoms. The summed E-state index contributed by atoms with van der Waals surface area (Å²) in [5, 5.41) is 15.8. The third kappa shape index (κ3) is 4.86. The number of hydrogen-bond donors (Lipinski definition) is 3. The van der Waals surface area contributed by atoms with Crippen molar-refractivity contribution in [2.75, 3.05) is 11.6 Å². The number of rotatable bonds is 5. The second-order valence-corrected chi connectivity index (χ2v) is 8.45. The van der Waals surface area contributed by atoms with E-state index in [0.29, 0.717) is 13.0 Å². The lowest BCUT2D eigenvalue weighted by Gasteiger charge is -2.23. The van der Waals surface area contributed by atoms with Crippen molar-refractivity contribution in [3.05, 3.63) is 83.4 Å². The van der Waals surface area contributed by atoms with Gasteiger partial charge in [0.2, 0.25) is 0 Å². The molecule has 5 heteroatoms. The highest BCUT2D eigenvalue weighted by Gasteiger charge is 2.19. The molecule has 0 aliphatic heterocycles. The van der Waals surface area contributed by atoms with Crippen LogP contribution in [-0.2, 0) is 19.4 Å². The quantitative estimate of drug-likeness (QED) is 0.496. The van der Waals surface area contributed by atoms with Gasteiger partial charge in [-0.05, 0) is 65.1 Å². The summed E-state index contributed by atoms with van der Waals surface area (Å²) in [4.78, 5) is 13.7. The van der Waals surface area contributed by atoms with Crippen LogP contribution in [0.4, 0.5) is 10.5 Å². The van der Waals surface area contributed by atoms with Crippen LogP contribution in [0.5, 0.6) is 0 Å². The van der Waals surface area contributed by atoms with Crippen molar-refractivity contribution in [3.63, 3.8) is 0 Å². The van der Waals surface area contributed by atoms with E-state index in [2.05, 4.69) is 59.4 Å². The van der Waals surface area contributed by atoms with Crippen molar-refractivity contribution >= 4 is 23.5 Å². The molecule has 0 bridgehead atoms. The van der Waals surface area contributed by atoms with Crippen LogP contribution in [-0.4, -0.2) is 23.5 Å². The topological polar surface area (TPSA) is 61.4 Å². The number of fused-ring (bicyclic) bond motifs is 1. The number of aliphatic hydroxyl groups is 1. The highest BCUT2D eigenvalue weighted by molar-refractivity contribution is 7.98. The molecule has 3 aromatic rings. The lowest BCUT2D eigenvalue weighted by atomic mass is 9.88. The predicted octanol–water partition coefficient (Wildman–Crippen LogP) is 5.25. The van der Waals surface area contributed by atoms with E-state index in [1.54, 1.807) is 11.8 Å². The molecule has 0 saturated carbocycles. The van der Waals surface area contributed by atoms with Crippen LogP contribution in [0.1, 0.15) is 23.1 Å². The first kappa shape index (κ1) is 20.5. The highest BCUT2D eigenvalue weighted by atomic mass is 32.2. The lowest BCUT2D eigenvalue weighted by Crippen LogP contribution is -2.29. The molecule has 30 heavy (non-hydrogen) atoms. The summed E-state index contributed by atoms with van der Waals surface area (Å²) in [6.07, 6.45) is 3.95. The predicted molar refractivity (Wildman–Crippen MR) is 124 cm³/mol. The molecule has 2 amide bonds. The first-order chi connectivity index (χ1) is 14.6. The van der Waals surface area contributed by atoms with Gasteiger partial charge in [0.25, 0.3) is 0 Å². The van der Waals surface area contributed by atoms with Crippen LogP contribution in [0.25, 0.3) is 11.1 Å². The van der Waals surface area contributed by atoms with E-state index in [9.17, 15) is 9.90 Å². The van der Waals surface area contributed by atoms with Gasteiger partial charge in [0, 0.05) is 23.5 Å². The van der Waals surface area contributed by atoms with E-state index < -0.39 is 0 Å². The van der Waals surface area contributed by atoms with Crippen LogP contribution in [0.3, 0.4) is 0 Å². The maximum atomic E-state index is 12.4. The Kier molecular flexibility index (Phi) is 6.41. The zero-order chi connectivity index (χ0) is 20.9. The fourth-order valence-electron chi connectivity index (χ4n) is 3.83. The highest BCUT2D eigenvalue weighted by Crippen LogP contribution is 2.28. The molecule has 0 fully saturated rings. The van der Waals surface area contributed by atoms with Crippen LogP contribution in [0.2, 0.25) is 0 Å². The third-order valence-corrected chi connectivity index (χ3v) is 6.28. The van der Waals surface area contributed by atoms with Crippen LogP contribution < -0.4 is 10.6 Å². The first-order valence-electron chi connectivity index (χ1n) is 10.2. The first-order valence-corrected chi connectivity index (χ1v) is 11.4. The number of aliphatic hydroxyl groups excluding tert-OH is 1. The molecule has 0 aromatic heterocycles. The number of amides is 2. The number of urea groups is 1. The monoisotopic (exact) mass is 418 g/mol. The van der Waals surface area contributed by atoms with Gasteiger partial charge in [0.05, 0.1) is 6.10 Å². The summed E-state index contributed by atoms with van der Waals surface area (Å²) in [5.74, 6) is 0. The molecule has 1 unspecified atom stereocenters. The Balaban J connectivity index is 1.35. The Bertz CT molecular complexity index is 1020. The van der Waals surface area contributed by atoms with Crippen molar-refractivity contribution in [2.45, 2.75) is 36.8 Å². The number of benzene rings is 3. The van der Waals surface area contributed by atoms with E-state index in [1.165, 1.54) is 16.0 Å². The van der Waals surface area contributed by atoms with Gasteiger partial charge in [-0.15, -0.1) is 11.8 Å². The van der Waals surface area contributed by atoms with E-state index in [1.807, 2.05) is 24.3 Å². The Morgan fingerprint density at radius 3 is 2.43 bits per heavy atom. The van der Waals surface area contributed by atoms with Crippen LogP contribution >= 0.6 is 11.8 Å². The Hall–Kier alpha value is -2.76. The SMILES string of the molecule is CSc1ccc(-c2ccc(CNC(=O)Nc3cccc4c3CC(O)CC4)cc2)cc1. The molecule has 3 aromatic carbocycles. The molecule has 4 nitrogen and oxygen atoms in total. The summed E-state index contributed by atoms with van der Waals surface area (Å²) in [6, 6.07) is 22.4. The molecule has 154 valence electrons. The largest absolute Gasteiger partial charge is 0.393 e. The van der Waals surface area contributed by atoms with E-state index >= 15 is 0 Å². The van der Waals surface area contributed by atoms with Crippen molar-refractivity contribution in [3.8, 4) is 11.1 Å². The minimum absolute atomic E-state index is 0.236. The van der Waals surface area contributed by atoms with Gasteiger partial charge < -0.3 is 15.7 Å². The Morgan fingerprint density at radius 2 is 1.73 bits per heavy atom. The maximum absolute atomic E-state index is 12.4. The molecule has 1 aliphatic rings. The summed E-state index contributed by atoms with van der Waals surface area (Å²) in [5.41, 5.74) is 6.42. The molecular weight excluding hydrogens is 392 g/mol. The molecule has 3 N–H and O–H groups in total. The molecule has 1 aliphatic carbocycles. The smallest absolute Gasteiger partial charge is 0.319 e. The van der Waals surface area contributed by atoms with Gasteiger partial charge in [-0.3, -0.25) is 0 Å². The van der Waals surface area contributed by atoms with Crippen molar-refractivity contribution < 1.29 is 9.90 Å². The molecule has 0 radical (unpaired) electrons. The van der Waals surface area contributed by atoms with Gasteiger partial charge in [-0.1, -0.05) is 48.5 Å². The van der Waals surface area contributed by atoms with Crippen LogP contribution in [0, 0.1) is 0 Å². The van der Waals surface area contributed by atoms with Crippen molar-refractivity contribution in [2.24, 2.45) is 0 Å². The number of thioether (sulfide) groups is 1. The standard InChI is InChI=1S/C25H26N2O2S/c1-30-22-13-10-19(11-14-22)18-7-5-17(6-8-18)16-26-25(29)27-24-4-2-3-20-9-12-21(28)15-23(20)24/h2-8,10-11,13-14,21,28H,9,12,15-16H2,1H3,(H2,26,27,29). The molecule has 1 atom stereocenters. The third-order valence-electron chi connectivity index (χ3n) is 5.54. The summed E-state index contributed by atoms with van der Waals surface area (Å²) in [7, 11) is 0. The van der Waals surface area contributed by atoms with Gasteiger partial charge in [0.1, 0.15) is 0 Å². The average molecular weight is 419 g/mol. The van der Waals surface area contributed by atoms with Gasteiger partial charge in [-0.2, -0.15) is 0 Å². The Morgan fingerprint density at radius 1 is 1.03 bits per heavy atom. The number of carbonyl (C=O) groups is 1. The van der Waals surface area contributed by atoms with E-state index in [4.69, 9.17) is 0 Å². The average Bonchev–Trinajstić information content (AvgIpc) is 2.78. The van der Waals surface area contributed by atoms with Crippen molar-refractivity contribution in [1.82, 2.24) is 5.32 Å². The summed E-state index contributed by atoms with van der Waals surface area (Å²) < 4.78 is 0. The van der Waals surface area contributed by atoms with E-state index in [0.717, 1.165) is 35.2 Å². The summed E-state index contributed by atoms with van der Waals surface area (Å²) in [6.45, 7) is 0.454. The van der Waals surface area contributed by atoms with Gasteiger partial charge in [0.15, 0.2) is 0 Å². The maximum Gasteiger partial charge on any atom is 0.319 e. The molecule has 4 rings (SSSR count). The lowest BCUT2D eigenvalue weighted by molar-refractivity contribution is 0.159. The minimum atomic E-state index is -0.334. The number of carbonyl (C=O) groups excluding carboxylic acids is 1. The number of anilines is 1. The molecular formula is C25H26N2O2S. The number of hydrogen-bond acceptors (Lipinski definition) is 3.